The molecule has 0 aliphatic carbocycles. The van der Waals surface area contributed by atoms with Crippen molar-refractivity contribution in [1.82, 2.24) is 9.97 Å². The van der Waals surface area contributed by atoms with Crippen molar-refractivity contribution in [2.45, 2.75) is 45.3 Å². The second kappa shape index (κ2) is 6.37. The van der Waals surface area contributed by atoms with Crippen molar-refractivity contribution in [3.8, 4) is 0 Å². The van der Waals surface area contributed by atoms with Crippen LogP contribution in [0.1, 0.15) is 33.0 Å². The van der Waals surface area contributed by atoms with Gasteiger partial charge in [0.15, 0.2) is 0 Å². The van der Waals surface area contributed by atoms with Crippen molar-refractivity contribution in [3.05, 3.63) is 11.9 Å². The molecule has 0 aromatic carbocycles. The lowest BCUT2D eigenvalue weighted by Crippen LogP contribution is -2.43. The van der Waals surface area contributed by atoms with Gasteiger partial charge in [0.1, 0.15) is 23.1 Å². The van der Waals surface area contributed by atoms with Crippen LogP contribution in [-0.4, -0.2) is 46.5 Å². The first kappa shape index (κ1) is 15.0. The van der Waals surface area contributed by atoms with Gasteiger partial charge in [0.2, 0.25) is 0 Å². The highest BCUT2D eigenvalue weighted by molar-refractivity contribution is 5.47. The van der Waals surface area contributed by atoms with Crippen LogP contribution in [0.5, 0.6) is 0 Å². The van der Waals surface area contributed by atoms with E-state index >= 15 is 0 Å². The Balaban J connectivity index is 2.06. The topological polar surface area (TPSA) is 79.3 Å². The molecule has 2 unspecified atom stereocenters. The molecule has 1 fully saturated rings. The van der Waals surface area contributed by atoms with Crippen LogP contribution in [0, 0.1) is 0 Å². The summed E-state index contributed by atoms with van der Waals surface area (Å²) in [6.07, 6.45) is 1.26. The largest absolute Gasteiger partial charge is 0.385 e. The highest BCUT2D eigenvalue weighted by atomic mass is 16.5. The van der Waals surface area contributed by atoms with Crippen LogP contribution in [0.2, 0.25) is 0 Å². The molecule has 6 heteroatoms. The van der Waals surface area contributed by atoms with E-state index in [9.17, 15) is 5.11 Å². The zero-order valence-corrected chi connectivity index (χ0v) is 12.4. The lowest BCUT2D eigenvalue weighted by molar-refractivity contribution is -0.0176. The maximum absolute atomic E-state index is 10.5. The first-order valence-corrected chi connectivity index (χ1v) is 7.27. The summed E-state index contributed by atoms with van der Waals surface area (Å²) in [6, 6.07) is 1.87. The van der Waals surface area contributed by atoms with Gasteiger partial charge < -0.3 is 20.5 Å². The molecule has 1 aromatic heterocycles. The molecule has 1 aromatic rings. The zero-order chi connectivity index (χ0) is 14.6. The normalized spacial score (nSPS) is 25.7. The van der Waals surface area contributed by atoms with Gasteiger partial charge in [-0.15, -0.1) is 0 Å². The average Bonchev–Trinajstić information content (AvgIpc) is 2.77. The standard InChI is InChI=1S/C14H24N4O2/c1-4-11-17-12(15-5-2)8-13(18-11)16-9-14(19)6-7-20-10(14)3/h8,10,19H,4-7,9H2,1-3H3,(H2,15,16,17,18). The summed E-state index contributed by atoms with van der Waals surface area (Å²) in [4.78, 5) is 8.84. The number of nitrogens with one attached hydrogen (secondary N) is 2. The third-order valence-electron chi connectivity index (χ3n) is 3.68. The second-order valence-electron chi connectivity index (χ2n) is 5.16. The minimum absolute atomic E-state index is 0.157. The highest BCUT2D eigenvalue weighted by Crippen LogP contribution is 2.26. The fraction of sp³-hybridized carbons (Fsp3) is 0.714. The SMILES string of the molecule is CCNc1cc(NCC2(O)CCOC2C)nc(CC)n1. The second-order valence-corrected chi connectivity index (χ2v) is 5.16. The van der Waals surface area contributed by atoms with Crippen LogP contribution in [0.4, 0.5) is 11.6 Å². The van der Waals surface area contributed by atoms with Gasteiger partial charge in [0.25, 0.3) is 0 Å². The number of nitrogens with zero attached hydrogens (tertiary/aromatic N) is 2. The Hall–Kier alpha value is -1.40. The summed E-state index contributed by atoms with van der Waals surface area (Å²) in [6.45, 7) is 7.80. The van der Waals surface area contributed by atoms with Crippen molar-refractivity contribution in [2.75, 3.05) is 30.3 Å². The van der Waals surface area contributed by atoms with Gasteiger partial charge in [-0.3, -0.25) is 0 Å². The van der Waals surface area contributed by atoms with E-state index in [-0.39, 0.29) is 6.10 Å². The van der Waals surface area contributed by atoms with E-state index in [0.29, 0.717) is 19.6 Å². The van der Waals surface area contributed by atoms with Crippen molar-refractivity contribution in [3.63, 3.8) is 0 Å². The number of anilines is 2. The van der Waals surface area contributed by atoms with E-state index in [1.807, 2.05) is 26.8 Å². The molecule has 0 bridgehead atoms. The van der Waals surface area contributed by atoms with Gasteiger partial charge in [-0.1, -0.05) is 6.92 Å². The van der Waals surface area contributed by atoms with Crippen LogP contribution in [0.25, 0.3) is 0 Å². The van der Waals surface area contributed by atoms with Crippen LogP contribution in [0.15, 0.2) is 6.07 Å². The molecule has 6 nitrogen and oxygen atoms in total. The number of hydrogen-bond acceptors (Lipinski definition) is 6. The Morgan fingerprint density at radius 3 is 2.60 bits per heavy atom. The maximum atomic E-state index is 10.5. The number of aryl methyl sites for hydroxylation is 1. The summed E-state index contributed by atoms with van der Waals surface area (Å²) in [7, 11) is 0. The lowest BCUT2D eigenvalue weighted by Gasteiger charge is -2.26. The minimum Gasteiger partial charge on any atom is -0.385 e. The van der Waals surface area contributed by atoms with Gasteiger partial charge in [-0.25, -0.2) is 9.97 Å². The number of rotatable bonds is 6. The van der Waals surface area contributed by atoms with Gasteiger partial charge in [0.05, 0.1) is 6.10 Å². The fourth-order valence-corrected chi connectivity index (χ4v) is 2.26. The predicted octanol–water partition coefficient (Wildman–Crippen LogP) is 1.42. The van der Waals surface area contributed by atoms with Crippen LogP contribution in [0.3, 0.4) is 0 Å². The molecule has 2 rings (SSSR count). The Labute approximate surface area is 120 Å². The Morgan fingerprint density at radius 2 is 2.05 bits per heavy atom. The van der Waals surface area contributed by atoms with Crippen molar-refractivity contribution >= 4 is 11.6 Å². The number of hydrogen-bond donors (Lipinski definition) is 3. The quantitative estimate of drug-likeness (QED) is 0.731. The van der Waals surface area contributed by atoms with Crippen molar-refractivity contribution in [2.24, 2.45) is 0 Å². The maximum Gasteiger partial charge on any atom is 0.132 e. The van der Waals surface area contributed by atoms with Gasteiger partial charge in [0, 0.05) is 38.6 Å². The summed E-state index contributed by atoms with van der Waals surface area (Å²) in [5.41, 5.74) is -0.824. The molecule has 1 aliphatic heterocycles. The minimum atomic E-state index is -0.824. The van der Waals surface area contributed by atoms with Gasteiger partial charge >= 0.3 is 0 Å². The molecule has 0 saturated carbocycles. The smallest absolute Gasteiger partial charge is 0.132 e. The number of aromatic nitrogens is 2. The van der Waals surface area contributed by atoms with Crippen molar-refractivity contribution < 1.29 is 9.84 Å². The molecule has 20 heavy (non-hydrogen) atoms. The molecule has 2 atom stereocenters. The van der Waals surface area contributed by atoms with Crippen LogP contribution >= 0.6 is 0 Å². The first-order valence-electron chi connectivity index (χ1n) is 7.27. The number of aliphatic hydroxyl groups is 1. The van der Waals surface area contributed by atoms with E-state index in [1.54, 1.807) is 0 Å². The third-order valence-corrected chi connectivity index (χ3v) is 3.68. The molecular formula is C14H24N4O2. The summed E-state index contributed by atoms with van der Waals surface area (Å²) in [5.74, 6) is 2.33. The monoisotopic (exact) mass is 280 g/mol. The molecule has 2 heterocycles. The Kier molecular flexibility index (Phi) is 4.77. The lowest BCUT2D eigenvalue weighted by atomic mass is 9.97. The molecular weight excluding hydrogens is 256 g/mol. The highest BCUT2D eigenvalue weighted by Gasteiger charge is 2.39. The molecule has 112 valence electrons. The first-order chi connectivity index (χ1) is 9.57. The van der Waals surface area contributed by atoms with E-state index in [0.717, 1.165) is 30.4 Å². The molecule has 0 spiro atoms. The molecule has 0 radical (unpaired) electrons. The van der Waals surface area contributed by atoms with Crippen LogP contribution < -0.4 is 10.6 Å². The van der Waals surface area contributed by atoms with Gasteiger partial charge in [-0.2, -0.15) is 0 Å². The molecule has 3 N–H and O–H groups in total. The summed E-state index contributed by atoms with van der Waals surface area (Å²) >= 11 is 0. The van der Waals surface area contributed by atoms with E-state index < -0.39 is 5.60 Å². The zero-order valence-electron chi connectivity index (χ0n) is 12.4. The average molecular weight is 280 g/mol. The van der Waals surface area contributed by atoms with Crippen molar-refractivity contribution in [1.29, 1.82) is 0 Å². The number of ether oxygens (including phenoxy) is 1. The Bertz CT molecular complexity index is 455. The fourth-order valence-electron chi connectivity index (χ4n) is 2.26. The van der Waals surface area contributed by atoms with Gasteiger partial charge in [-0.05, 0) is 13.8 Å². The molecule has 0 amide bonds. The Morgan fingerprint density at radius 1 is 1.35 bits per heavy atom. The summed E-state index contributed by atoms with van der Waals surface area (Å²) in [5, 5.41) is 16.9. The van der Waals surface area contributed by atoms with E-state index in [2.05, 4.69) is 20.6 Å². The summed E-state index contributed by atoms with van der Waals surface area (Å²) < 4.78 is 5.43. The van der Waals surface area contributed by atoms with E-state index in [4.69, 9.17) is 4.74 Å². The molecule has 1 aliphatic rings. The van der Waals surface area contributed by atoms with Crippen LogP contribution in [-0.2, 0) is 11.2 Å². The third kappa shape index (κ3) is 3.37. The predicted molar refractivity (Wildman–Crippen MR) is 79.0 cm³/mol. The van der Waals surface area contributed by atoms with E-state index in [1.165, 1.54) is 0 Å². The molecule has 1 saturated heterocycles.